The lowest BCUT2D eigenvalue weighted by molar-refractivity contribution is -0.139. The summed E-state index contributed by atoms with van der Waals surface area (Å²) >= 11 is 2.94. The van der Waals surface area contributed by atoms with Gasteiger partial charge in [-0.1, -0.05) is 50.5 Å². The van der Waals surface area contributed by atoms with Crippen LogP contribution in [-0.2, 0) is 14.3 Å². The molecule has 0 amide bonds. The van der Waals surface area contributed by atoms with Crippen molar-refractivity contribution in [1.29, 1.82) is 0 Å². The molecule has 0 aromatic heterocycles. The number of phenolic OH excluding ortho intramolecular Hbond substituents is 1. The van der Waals surface area contributed by atoms with Crippen LogP contribution in [0.15, 0.2) is 24.3 Å². The number of methoxy groups -OCH3 is 2. The summed E-state index contributed by atoms with van der Waals surface area (Å²) in [4.78, 5) is 21.7. The smallest absolute Gasteiger partial charge is 0.316 e. The number of ether oxygens (including phenoxy) is 4. The van der Waals surface area contributed by atoms with Crippen LogP contribution in [0.3, 0.4) is 0 Å². The highest BCUT2D eigenvalue weighted by atomic mass is 79.9. The summed E-state index contributed by atoms with van der Waals surface area (Å²) in [6.07, 6.45) is 1.44. The molecule has 0 atom stereocenters. The second-order valence-electron chi connectivity index (χ2n) is 9.57. The maximum Gasteiger partial charge on any atom is 0.316 e. The molecule has 0 fully saturated rings. The number of ketones is 1. The van der Waals surface area contributed by atoms with Crippen molar-refractivity contribution in [2.75, 3.05) is 32.8 Å². The Kier molecular flexibility index (Phi) is 18.0. The van der Waals surface area contributed by atoms with Crippen molar-refractivity contribution in [3.63, 3.8) is 0 Å². The third-order valence-electron chi connectivity index (χ3n) is 5.65. The molecule has 2 aromatic carbocycles. The molecule has 0 aliphatic carbocycles. The largest absolute Gasteiger partial charge is 0.508 e. The zero-order valence-corrected chi connectivity index (χ0v) is 26.9. The second kappa shape index (κ2) is 19.3. The summed E-state index contributed by atoms with van der Waals surface area (Å²) in [6.45, 7) is 16.6. The molecule has 0 radical (unpaired) electrons. The van der Waals surface area contributed by atoms with Crippen molar-refractivity contribution < 1.29 is 33.6 Å². The van der Waals surface area contributed by atoms with Crippen LogP contribution >= 0.6 is 15.9 Å². The van der Waals surface area contributed by atoms with Crippen molar-refractivity contribution in [3.8, 4) is 23.0 Å². The number of aryl methyl sites for hydroxylation is 2. The van der Waals surface area contributed by atoms with Crippen LogP contribution in [0.5, 0.6) is 23.0 Å². The molecule has 39 heavy (non-hydrogen) atoms. The van der Waals surface area contributed by atoms with Crippen LogP contribution in [-0.4, -0.2) is 49.6 Å². The van der Waals surface area contributed by atoms with Gasteiger partial charge in [0.15, 0.2) is 5.78 Å². The Morgan fingerprint density at radius 1 is 0.846 bits per heavy atom. The number of phenols is 1. The Labute approximate surface area is 243 Å². The number of benzene rings is 2. The van der Waals surface area contributed by atoms with E-state index in [-0.39, 0.29) is 18.4 Å². The number of esters is 1. The van der Waals surface area contributed by atoms with Gasteiger partial charge in [0.25, 0.3) is 0 Å². The molecular formula is C31H47BrO7. The highest BCUT2D eigenvalue weighted by molar-refractivity contribution is 9.09. The normalized spacial score (nSPS) is 10.2. The third kappa shape index (κ3) is 13.2. The number of carbonyl (C=O) groups excluding carboxylic acids is 2. The highest BCUT2D eigenvalue weighted by Crippen LogP contribution is 2.33. The average molecular weight is 612 g/mol. The van der Waals surface area contributed by atoms with Gasteiger partial charge in [-0.15, -0.1) is 0 Å². The van der Waals surface area contributed by atoms with E-state index < -0.39 is 0 Å². The van der Waals surface area contributed by atoms with Crippen LogP contribution in [0, 0.1) is 13.8 Å². The van der Waals surface area contributed by atoms with E-state index in [0.717, 1.165) is 45.9 Å². The van der Waals surface area contributed by atoms with Gasteiger partial charge in [0.2, 0.25) is 0 Å². The van der Waals surface area contributed by atoms with Crippen molar-refractivity contribution in [2.24, 2.45) is 0 Å². The van der Waals surface area contributed by atoms with Crippen LogP contribution in [0.1, 0.15) is 88.5 Å². The third-order valence-corrected chi connectivity index (χ3v) is 6.11. The first-order valence-electron chi connectivity index (χ1n) is 13.3. The fraction of sp³-hybridized carbons (Fsp3) is 0.548. The number of hydrogen-bond acceptors (Lipinski definition) is 7. The minimum absolute atomic E-state index is 0.144. The van der Waals surface area contributed by atoms with E-state index >= 15 is 0 Å². The van der Waals surface area contributed by atoms with Crippen LogP contribution in [0.25, 0.3) is 0 Å². The molecule has 0 aliphatic rings. The average Bonchev–Trinajstić information content (AvgIpc) is 2.88. The number of rotatable bonds is 11. The van der Waals surface area contributed by atoms with E-state index in [1.54, 1.807) is 27.2 Å². The van der Waals surface area contributed by atoms with Crippen LogP contribution in [0.2, 0.25) is 0 Å². The van der Waals surface area contributed by atoms with Crippen LogP contribution in [0.4, 0.5) is 0 Å². The topological polar surface area (TPSA) is 91.3 Å². The van der Waals surface area contributed by atoms with E-state index in [2.05, 4.69) is 34.5 Å². The van der Waals surface area contributed by atoms with Gasteiger partial charge in [-0.3, -0.25) is 9.59 Å². The monoisotopic (exact) mass is 610 g/mol. The lowest BCUT2D eigenvalue weighted by Crippen LogP contribution is -2.12. The maximum atomic E-state index is 11.6. The SMILES string of the molecule is CCCC(=O)COc1cc(C)c(OC)cc1C(C)C.CCOC(=O)CBr.COc1cc(C(C)C)c(O)cc1C. The summed E-state index contributed by atoms with van der Waals surface area (Å²) in [5, 5.41) is 9.92. The highest BCUT2D eigenvalue weighted by Gasteiger charge is 2.13. The molecule has 0 spiro atoms. The van der Waals surface area contributed by atoms with Gasteiger partial charge in [-0.05, 0) is 74.4 Å². The molecule has 1 N–H and O–H groups in total. The fourth-order valence-corrected chi connectivity index (χ4v) is 3.71. The first kappa shape index (κ1) is 36.3. The van der Waals surface area contributed by atoms with Gasteiger partial charge in [0.1, 0.15) is 34.9 Å². The van der Waals surface area contributed by atoms with Crippen molar-refractivity contribution in [2.45, 2.75) is 80.1 Å². The van der Waals surface area contributed by atoms with Crippen molar-refractivity contribution >= 4 is 27.7 Å². The fourth-order valence-electron chi connectivity index (χ4n) is 3.55. The Bertz CT molecular complexity index is 1030. The standard InChI is InChI=1S/C16H24O3.C11H16O2.C4H7BrO2/c1-6-7-13(17)10-19-16-8-12(4)15(18-5)9-14(16)11(2)3;1-7(2)9-6-11(13-4)8(3)5-10(9)12;1-2-7-4(6)3-5/h8-9,11H,6-7,10H2,1-5H3;5-7,12H,1-4H3;2-3H2,1H3. The molecule has 0 unspecified atom stereocenters. The maximum absolute atomic E-state index is 11.6. The predicted molar refractivity (Wildman–Crippen MR) is 161 cm³/mol. The van der Waals surface area contributed by atoms with E-state index in [4.69, 9.17) is 14.2 Å². The molecule has 0 saturated heterocycles. The summed E-state index contributed by atoms with van der Waals surface area (Å²) < 4.78 is 20.7. The van der Waals surface area contributed by atoms with Gasteiger partial charge in [0.05, 0.1) is 20.8 Å². The molecule has 2 aromatic rings. The van der Waals surface area contributed by atoms with Gasteiger partial charge in [-0.2, -0.15) is 0 Å². The van der Waals surface area contributed by atoms with E-state index in [9.17, 15) is 14.7 Å². The quantitative estimate of drug-likeness (QED) is 0.206. The minimum Gasteiger partial charge on any atom is -0.508 e. The van der Waals surface area contributed by atoms with E-state index in [1.165, 1.54) is 0 Å². The van der Waals surface area contributed by atoms with Gasteiger partial charge in [-0.25, -0.2) is 0 Å². The van der Waals surface area contributed by atoms with Gasteiger partial charge < -0.3 is 24.1 Å². The number of Topliss-reactive ketones (excluding diaryl/α,β-unsaturated/α-hetero) is 1. The van der Waals surface area contributed by atoms with E-state index in [0.29, 0.717) is 35.9 Å². The number of halogens is 1. The van der Waals surface area contributed by atoms with E-state index in [1.807, 2.05) is 52.8 Å². The zero-order valence-electron chi connectivity index (χ0n) is 25.3. The lowest BCUT2D eigenvalue weighted by Gasteiger charge is -2.16. The molecule has 7 nitrogen and oxygen atoms in total. The second-order valence-corrected chi connectivity index (χ2v) is 10.1. The molecule has 0 saturated carbocycles. The molecule has 0 aliphatic heterocycles. The molecular weight excluding hydrogens is 564 g/mol. The van der Waals surface area contributed by atoms with Gasteiger partial charge in [0, 0.05) is 17.5 Å². The Morgan fingerprint density at radius 3 is 1.77 bits per heavy atom. The van der Waals surface area contributed by atoms with Crippen molar-refractivity contribution in [3.05, 3.63) is 46.5 Å². The van der Waals surface area contributed by atoms with Gasteiger partial charge >= 0.3 is 5.97 Å². The molecule has 220 valence electrons. The predicted octanol–water partition coefficient (Wildman–Crippen LogP) is 7.65. The molecule has 2 rings (SSSR count). The summed E-state index contributed by atoms with van der Waals surface area (Å²) in [7, 11) is 3.31. The van der Waals surface area contributed by atoms with Crippen molar-refractivity contribution in [1.82, 2.24) is 0 Å². The number of aromatic hydroxyl groups is 1. The lowest BCUT2D eigenvalue weighted by atomic mass is 10.00. The first-order valence-corrected chi connectivity index (χ1v) is 14.4. The summed E-state index contributed by atoms with van der Waals surface area (Å²) in [6, 6.07) is 7.59. The van der Waals surface area contributed by atoms with Crippen LogP contribution < -0.4 is 14.2 Å². The summed E-state index contributed by atoms with van der Waals surface area (Å²) in [5.74, 6) is 3.41. The Morgan fingerprint density at radius 2 is 1.36 bits per heavy atom. The Hall–Kier alpha value is -2.74. The first-order chi connectivity index (χ1) is 18.4. The minimum atomic E-state index is -0.206. The zero-order chi connectivity index (χ0) is 30.1. The Balaban J connectivity index is 0.000000622. The number of carbonyl (C=O) groups is 2. The molecule has 0 heterocycles. The number of alkyl halides is 1. The molecule has 8 heteroatoms. The molecule has 0 bridgehead atoms. The number of hydrogen-bond donors (Lipinski definition) is 1. The summed E-state index contributed by atoms with van der Waals surface area (Å²) in [5.41, 5.74) is 3.99.